The summed E-state index contributed by atoms with van der Waals surface area (Å²) in [6.45, 7) is 0.493. The van der Waals surface area contributed by atoms with Gasteiger partial charge in [0, 0.05) is 30.1 Å². The first-order valence-electron chi connectivity index (χ1n) is 7.91. The Hall–Kier alpha value is -3.52. The van der Waals surface area contributed by atoms with Crippen LogP contribution in [0.15, 0.2) is 67.0 Å². The van der Waals surface area contributed by atoms with E-state index < -0.39 is 0 Å². The lowest BCUT2D eigenvalue weighted by Gasteiger charge is -2.06. The standard InChI is InChI=1S/C20H16N4O/c21-12-15-6-8-18(9-7-15)20(25)22-11-10-16-13-23-19(24-14-16)17-4-2-1-3-5-17/h1-9,13-14H,10-11H2,(H,22,25). The van der Waals surface area contributed by atoms with Crippen LogP contribution >= 0.6 is 0 Å². The molecule has 122 valence electrons. The van der Waals surface area contributed by atoms with Crippen molar-refractivity contribution in [2.24, 2.45) is 0 Å². The maximum atomic E-state index is 12.0. The molecule has 0 aliphatic heterocycles. The van der Waals surface area contributed by atoms with Gasteiger partial charge in [-0.1, -0.05) is 30.3 Å². The summed E-state index contributed by atoms with van der Waals surface area (Å²) in [7, 11) is 0. The molecule has 1 aromatic heterocycles. The Labute approximate surface area is 146 Å². The number of carbonyl (C=O) groups is 1. The van der Waals surface area contributed by atoms with E-state index in [0.717, 1.165) is 11.1 Å². The third-order valence-electron chi connectivity index (χ3n) is 3.71. The maximum Gasteiger partial charge on any atom is 0.251 e. The predicted octanol–water partition coefficient (Wildman–Crippen LogP) is 2.99. The van der Waals surface area contributed by atoms with Gasteiger partial charge in [0.05, 0.1) is 11.6 Å². The zero-order valence-electron chi connectivity index (χ0n) is 13.5. The molecule has 25 heavy (non-hydrogen) atoms. The first-order valence-corrected chi connectivity index (χ1v) is 7.91. The summed E-state index contributed by atoms with van der Waals surface area (Å²) in [5.74, 6) is 0.525. The van der Waals surface area contributed by atoms with Crippen LogP contribution in [0.25, 0.3) is 11.4 Å². The zero-order chi connectivity index (χ0) is 17.5. The van der Waals surface area contributed by atoms with Crippen molar-refractivity contribution >= 4 is 5.91 Å². The van der Waals surface area contributed by atoms with Crippen LogP contribution in [0.1, 0.15) is 21.5 Å². The van der Waals surface area contributed by atoms with Crippen LogP contribution in [0, 0.1) is 11.3 Å². The number of nitrogens with zero attached hydrogens (tertiary/aromatic N) is 3. The number of hydrogen-bond acceptors (Lipinski definition) is 4. The van der Waals surface area contributed by atoms with Gasteiger partial charge in [0.15, 0.2) is 5.82 Å². The predicted molar refractivity (Wildman–Crippen MR) is 94.7 cm³/mol. The van der Waals surface area contributed by atoms with Crippen LogP contribution in [0.5, 0.6) is 0 Å². The van der Waals surface area contributed by atoms with Gasteiger partial charge >= 0.3 is 0 Å². The molecule has 1 heterocycles. The largest absolute Gasteiger partial charge is 0.352 e. The smallest absolute Gasteiger partial charge is 0.251 e. The van der Waals surface area contributed by atoms with E-state index >= 15 is 0 Å². The Kier molecular flexibility index (Phi) is 5.13. The Morgan fingerprint density at radius 3 is 2.32 bits per heavy atom. The minimum Gasteiger partial charge on any atom is -0.352 e. The molecule has 0 aliphatic rings. The summed E-state index contributed by atoms with van der Waals surface area (Å²) in [4.78, 5) is 20.8. The van der Waals surface area contributed by atoms with Crippen LogP contribution < -0.4 is 5.32 Å². The van der Waals surface area contributed by atoms with Gasteiger partial charge in [-0.3, -0.25) is 4.79 Å². The molecular formula is C20H16N4O. The highest BCUT2D eigenvalue weighted by Gasteiger charge is 2.05. The van der Waals surface area contributed by atoms with Crippen molar-refractivity contribution in [2.45, 2.75) is 6.42 Å². The van der Waals surface area contributed by atoms with Crippen LogP contribution in [0.3, 0.4) is 0 Å². The lowest BCUT2D eigenvalue weighted by atomic mass is 10.1. The average molecular weight is 328 g/mol. The number of aromatic nitrogens is 2. The van der Waals surface area contributed by atoms with Crippen molar-refractivity contribution in [3.05, 3.63) is 83.7 Å². The van der Waals surface area contributed by atoms with Gasteiger partial charge in [-0.05, 0) is 36.2 Å². The van der Waals surface area contributed by atoms with E-state index in [-0.39, 0.29) is 5.91 Å². The molecule has 3 aromatic rings. The summed E-state index contributed by atoms with van der Waals surface area (Å²) in [6, 6.07) is 18.4. The molecule has 1 N–H and O–H groups in total. The lowest BCUT2D eigenvalue weighted by molar-refractivity contribution is 0.0954. The number of benzene rings is 2. The van der Waals surface area contributed by atoms with Gasteiger partial charge in [-0.15, -0.1) is 0 Å². The molecular weight excluding hydrogens is 312 g/mol. The molecule has 0 fully saturated rings. The number of carbonyl (C=O) groups excluding carboxylic acids is 1. The Morgan fingerprint density at radius 2 is 1.68 bits per heavy atom. The molecule has 0 aliphatic carbocycles. The monoisotopic (exact) mass is 328 g/mol. The van der Waals surface area contributed by atoms with Crippen LogP contribution in [0.2, 0.25) is 0 Å². The first-order chi connectivity index (χ1) is 12.3. The second-order valence-corrected chi connectivity index (χ2v) is 5.48. The number of amides is 1. The highest BCUT2D eigenvalue weighted by atomic mass is 16.1. The van der Waals surface area contributed by atoms with Crippen molar-refractivity contribution in [3.8, 4) is 17.5 Å². The summed E-state index contributed by atoms with van der Waals surface area (Å²) in [5.41, 5.74) is 3.00. The molecule has 0 atom stereocenters. The van der Waals surface area contributed by atoms with Crippen molar-refractivity contribution in [1.82, 2.24) is 15.3 Å². The van der Waals surface area contributed by atoms with Crippen molar-refractivity contribution in [3.63, 3.8) is 0 Å². The van der Waals surface area contributed by atoms with Gasteiger partial charge in [-0.25, -0.2) is 9.97 Å². The Morgan fingerprint density at radius 1 is 1.00 bits per heavy atom. The minimum absolute atomic E-state index is 0.161. The van der Waals surface area contributed by atoms with E-state index in [9.17, 15) is 4.79 Å². The van der Waals surface area contributed by atoms with E-state index in [4.69, 9.17) is 5.26 Å². The number of nitrogens with one attached hydrogen (secondary N) is 1. The third-order valence-corrected chi connectivity index (χ3v) is 3.71. The molecule has 0 radical (unpaired) electrons. The van der Waals surface area contributed by atoms with Gasteiger partial charge in [0.2, 0.25) is 0 Å². The fourth-order valence-electron chi connectivity index (χ4n) is 2.34. The molecule has 0 saturated heterocycles. The fourth-order valence-corrected chi connectivity index (χ4v) is 2.34. The van der Waals surface area contributed by atoms with Crippen molar-refractivity contribution in [1.29, 1.82) is 5.26 Å². The van der Waals surface area contributed by atoms with Gasteiger partial charge in [-0.2, -0.15) is 5.26 Å². The lowest BCUT2D eigenvalue weighted by Crippen LogP contribution is -2.25. The fraction of sp³-hybridized carbons (Fsp3) is 0.100. The summed E-state index contributed by atoms with van der Waals surface area (Å²) in [5, 5.41) is 11.6. The SMILES string of the molecule is N#Cc1ccc(C(=O)NCCc2cnc(-c3ccccc3)nc2)cc1. The van der Waals surface area contributed by atoms with Crippen molar-refractivity contribution in [2.75, 3.05) is 6.54 Å². The minimum atomic E-state index is -0.161. The van der Waals surface area contributed by atoms with Gasteiger partial charge in [0.1, 0.15) is 0 Å². The second-order valence-electron chi connectivity index (χ2n) is 5.48. The van der Waals surface area contributed by atoms with E-state index in [1.54, 1.807) is 36.7 Å². The Balaban J connectivity index is 1.53. The molecule has 0 spiro atoms. The van der Waals surface area contributed by atoms with E-state index in [1.807, 2.05) is 36.4 Å². The van der Waals surface area contributed by atoms with Crippen LogP contribution in [-0.4, -0.2) is 22.4 Å². The molecule has 1 amide bonds. The molecule has 3 rings (SSSR count). The highest BCUT2D eigenvalue weighted by molar-refractivity contribution is 5.94. The number of nitriles is 1. The van der Waals surface area contributed by atoms with E-state index in [1.165, 1.54) is 0 Å². The normalized spacial score (nSPS) is 10.0. The van der Waals surface area contributed by atoms with Crippen molar-refractivity contribution < 1.29 is 4.79 Å². The van der Waals surface area contributed by atoms with Crippen LogP contribution in [0.4, 0.5) is 0 Å². The average Bonchev–Trinajstić information content (AvgIpc) is 2.69. The highest BCUT2D eigenvalue weighted by Crippen LogP contribution is 2.13. The van der Waals surface area contributed by atoms with Crippen LogP contribution in [-0.2, 0) is 6.42 Å². The summed E-state index contributed by atoms with van der Waals surface area (Å²) < 4.78 is 0. The first kappa shape index (κ1) is 16.3. The molecule has 5 heteroatoms. The van der Waals surface area contributed by atoms with Gasteiger partial charge < -0.3 is 5.32 Å². The second kappa shape index (κ2) is 7.84. The van der Waals surface area contributed by atoms with Gasteiger partial charge in [0.25, 0.3) is 5.91 Å². The third kappa shape index (κ3) is 4.27. The summed E-state index contributed by atoms with van der Waals surface area (Å²) >= 11 is 0. The number of hydrogen-bond donors (Lipinski definition) is 1. The van der Waals surface area contributed by atoms with E-state index in [2.05, 4.69) is 15.3 Å². The Bertz CT molecular complexity index is 882. The molecule has 0 saturated carbocycles. The van der Waals surface area contributed by atoms with E-state index in [0.29, 0.717) is 29.9 Å². The molecule has 0 unspecified atom stereocenters. The maximum absolute atomic E-state index is 12.0. The molecule has 5 nitrogen and oxygen atoms in total. The topological polar surface area (TPSA) is 78.7 Å². The molecule has 2 aromatic carbocycles. The summed E-state index contributed by atoms with van der Waals surface area (Å²) in [6.07, 6.45) is 4.21. The molecule has 0 bridgehead atoms. The zero-order valence-corrected chi connectivity index (χ0v) is 13.5. The number of rotatable bonds is 5. The quantitative estimate of drug-likeness (QED) is 0.781.